The van der Waals surface area contributed by atoms with Gasteiger partial charge < -0.3 is 4.74 Å². The summed E-state index contributed by atoms with van der Waals surface area (Å²) in [5.74, 6) is -0.105. The first-order valence-electron chi connectivity index (χ1n) is 4.17. The second kappa shape index (κ2) is 4.37. The fraction of sp³-hybridized carbons (Fsp3) is 0.889. The molecule has 0 radical (unpaired) electrons. The summed E-state index contributed by atoms with van der Waals surface area (Å²) in [5.41, 5.74) is 0.130. The zero-order chi connectivity index (χ0) is 8.91. The molecule has 0 rings (SSSR count). The Labute approximate surface area is 68.9 Å². The Morgan fingerprint density at radius 1 is 1.36 bits per heavy atom. The number of esters is 1. The smallest absolute Gasteiger partial charge is 0.305 e. The zero-order valence-corrected chi connectivity index (χ0v) is 7.94. The molecule has 0 aromatic heterocycles. The summed E-state index contributed by atoms with van der Waals surface area (Å²) in [6, 6.07) is 0. The highest BCUT2D eigenvalue weighted by atomic mass is 16.5. The normalized spacial score (nSPS) is 11.3. The molecule has 0 aromatic rings. The average Bonchev–Trinajstić information content (AvgIpc) is 2.00. The Hall–Kier alpha value is -0.530. The van der Waals surface area contributed by atoms with E-state index >= 15 is 0 Å². The lowest BCUT2D eigenvalue weighted by atomic mass is 9.92. The van der Waals surface area contributed by atoms with E-state index in [0.717, 1.165) is 6.42 Å². The van der Waals surface area contributed by atoms with Crippen molar-refractivity contribution in [2.24, 2.45) is 5.41 Å². The van der Waals surface area contributed by atoms with E-state index in [1.54, 1.807) is 6.92 Å². The van der Waals surface area contributed by atoms with Gasteiger partial charge in [0.25, 0.3) is 0 Å². The second-order valence-corrected chi connectivity index (χ2v) is 3.53. The summed E-state index contributed by atoms with van der Waals surface area (Å²) in [4.78, 5) is 10.8. The predicted molar refractivity (Wildman–Crippen MR) is 45.3 cm³/mol. The first-order chi connectivity index (χ1) is 5.02. The van der Waals surface area contributed by atoms with Gasteiger partial charge >= 0.3 is 5.97 Å². The molecule has 11 heavy (non-hydrogen) atoms. The summed E-state index contributed by atoms with van der Waals surface area (Å²) >= 11 is 0. The van der Waals surface area contributed by atoms with Crippen molar-refractivity contribution in [1.82, 2.24) is 0 Å². The Morgan fingerprint density at radius 2 is 1.91 bits per heavy atom. The first kappa shape index (κ1) is 10.5. The fourth-order valence-electron chi connectivity index (χ4n) is 0.480. The van der Waals surface area contributed by atoms with Crippen molar-refractivity contribution in [3.8, 4) is 0 Å². The molecule has 0 atom stereocenters. The lowest BCUT2D eigenvalue weighted by Gasteiger charge is -2.21. The van der Waals surface area contributed by atoms with E-state index in [0.29, 0.717) is 13.0 Å². The number of rotatable bonds is 4. The van der Waals surface area contributed by atoms with Gasteiger partial charge in [0.1, 0.15) is 0 Å². The molecular weight excluding hydrogens is 140 g/mol. The summed E-state index contributed by atoms with van der Waals surface area (Å²) in [6.45, 7) is 8.63. The summed E-state index contributed by atoms with van der Waals surface area (Å²) in [6.07, 6.45) is 1.50. The van der Waals surface area contributed by atoms with Gasteiger partial charge in [-0.05, 0) is 11.8 Å². The van der Waals surface area contributed by atoms with E-state index < -0.39 is 0 Å². The van der Waals surface area contributed by atoms with Crippen molar-refractivity contribution in [2.45, 2.75) is 40.5 Å². The van der Waals surface area contributed by atoms with Crippen LogP contribution in [0.2, 0.25) is 0 Å². The van der Waals surface area contributed by atoms with Gasteiger partial charge in [0.15, 0.2) is 0 Å². The Balaban J connectivity index is 3.61. The number of ether oxygens (including phenoxy) is 1. The van der Waals surface area contributed by atoms with E-state index in [4.69, 9.17) is 4.74 Å². The van der Waals surface area contributed by atoms with Crippen LogP contribution in [0.5, 0.6) is 0 Å². The van der Waals surface area contributed by atoms with Gasteiger partial charge in [-0.3, -0.25) is 4.79 Å². The van der Waals surface area contributed by atoms with Crippen LogP contribution < -0.4 is 0 Å². The molecule has 0 N–H and O–H groups in total. The minimum Gasteiger partial charge on any atom is -0.465 e. The van der Waals surface area contributed by atoms with Gasteiger partial charge in [0.2, 0.25) is 0 Å². The Morgan fingerprint density at radius 3 is 2.27 bits per heavy atom. The molecule has 0 aromatic carbocycles. The molecule has 0 aliphatic carbocycles. The van der Waals surface area contributed by atoms with Crippen LogP contribution >= 0.6 is 0 Å². The molecule has 0 fully saturated rings. The Kier molecular flexibility index (Phi) is 4.16. The van der Waals surface area contributed by atoms with Gasteiger partial charge in [-0.2, -0.15) is 0 Å². The van der Waals surface area contributed by atoms with Crippen LogP contribution in [0.4, 0.5) is 0 Å². The molecule has 0 amide bonds. The minimum absolute atomic E-state index is 0.105. The molecule has 0 aliphatic rings. The molecule has 2 nitrogen and oxygen atoms in total. The maximum Gasteiger partial charge on any atom is 0.305 e. The number of carbonyl (C=O) groups excluding carboxylic acids is 1. The van der Waals surface area contributed by atoms with Crippen molar-refractivity contribution in [3.63, 3.8) is 0 Å². The zero-order valence-electron chi connectivity index (χ0n) is 7.94. The van der Waals surface area contributed by atoms with E-state index in [2.05, 4.69) is 20.8 Å². The van der Waals surface area contributed by atoms with Gasteiger partial charge in [-0.15, -0.1) is 0 Å². The van der Waals surface area contributed by atoms with E-state index in [1.165, 1.54) is 0 Å². The van der Waals surface area contributed by atoms with Gasteiger partial charge in [-0.25, -0.2) is 0 Å². The lowest BCUT2D eigenvalue weighted by molar-refractivity contribution is -0.146. The van der Waals surface area contributed by atoms with Crippen LogP contribution in [0.3, 0.4) is 0 Å². The molecule has 0 saturated carbocycles. The molecule has 0 spiro atoms. The first-order valence-corrected chi connectivity index (χ1v) is 4.17. The molecule has 66 valence electrons. The SMILES string of the molecule is CCC(=O)OCC(C)(C)CC. The third-order valence-electron chi connectivity index (χ3n) is 1.87. The quantitative estimate of drug-likeness (QED) is 0.587. The summed E-state index contributed by atoms with van der Waals surface area (Å²) in [5, 5.41) is 0. The van der Waals surface area contributed by atoms with Crippen LogP contribution in [-0.4, -0.2) is 12.6 Å². The maximum absolute atomic E-state index is 10.8. The fourth-order valence-corrected chi connectivity index (χ4v) is 0.480. The minimum atomic E-state index is -0.105. The van der Waals surface area contributed by atoms with Crippen LogP contribution in [0.25, 0.3) is 0 Å². The molecule has 0 bridgehead atoms. The summed E-state index contributed by atoms with van der Waals surface area (Å²) < 4.78 is 5.01. The van der Waals surface area contributed by atoms with Crippen LogP contribution in [0.15, 0.2) is 0 Å². The monoisotopic (exact) mass is 158 g/mol. The standard InChI is InChI=1S/C9H18O2/c1-5-8(10)11-7-9(3,4)6-2/h5-7H2,1-4H3. The number of hydrogen-bond acceptors (Lipinski definition) is 2. The maximum atomic E-state index is 10.8. The van der Waals surface area contributed by atoms with E-state index in [-0.39, 0.29) is 11.4 Å². The topological polar surface area (TPSA) is 26.3 Å². The molecule has 0 saturated heterocycles. The van der Waals surface area contributed by atoms with E-state index in [1.807, 2.05) is 0 Å². The van der Waals surface area contributed by atoms with Gasteiger partial charge in [0, 0.05) is 6.42 Å². The Bertz CT molecular complexity index is 128. The molecular formula is C9H18O2. The lowest BCUT2D eigenvalue weighted by Crippen LogP contribution is -2.20. The molecule has 0 unspecified atom stereocenters. The van der Waals surface area contributed by atoms with Crippen molar-refractivity contribution in [2.75, 3.05) is 6.61 Å². The van der Waals surface area contributed by atoms with E-state index in [9.17, 15) is 4.79 Å². The number of hydrogen-bond donors (Lipinski definition) is 0. The summed E-state index contributed by atoms with van der Waals surface area (Å²) in [7, 11) is 0. The highest BCUT2D eigenvalue weighted by Gasteiger charge is 2.16. The average molecular weight is 158 g/mol. The van der Waals surface area contributed by atoms with Crippen LogP contribution in [0.1, 0.15) is 40.5 Å². The largest absolute Gasteiger partial charge is 0.465 e. The van der Waals surface area contributed by atoms with Crippen molar-refractivity contribution >= 4 is 5.97 Å². The second-order valence-electron chi connectivity index (χ2n) is 3.53. The van der Waals surface area contributed by atoms with Crippen LogP contribution in [0, 0.1) is 5.41 Å². The number of carbonyl (C=O) groups is 1. The third kappa shape index (κ3) is 4.82. The molecule has 0 heterocycles. The van der Waals surface area contributed by atoms with Crippen molar-refractivity contribution in [1.29, 1.82) is 0 Å². The third-order valence-corrected chi connectivity index (χ3v) is 1.87. The highest BCUT2D eigenvalue weighted by Crippen LogP contribution is 2.19. The van der Waals surface area contributed by atoms with Gasteiger partial charge in [-0.1, -0.05) is 27.7 Å². The molecule has 2 heteroatoms. The predicted octanol–water partition coefficient (Wildman–Crippen LogP) is 2.38. The van der Waals surface area contributed by atoms with Crippen LogP contribution in [-0.2, 0) is 9.53 Å². The highest BCUT2D eigenvalue weighted by molar-refractivity contribution is 5.68. The van der Waals surface area contributed by atoms with Crippen molar-refractivity contribution in [3.05, 3.63) is 0 Å². The van der Waals surface area contributed by atoms with Gasteiger partial charge in [0.05, 0.1) is 6.61 Å². The molecule has 0 aliphatic heterocycles. The van der Waals surface area contributed by atoms with Crippen molar-refractivity contribution < 1.29 is 9.53 Å².